The van der Waals surface area contributed by atoms with Gasteiger partial charge in [0.25, 0.3) is 0 Å². The smallest absolute Gasteiger partial charge is 0.143 e. The van der Waals surface area contributed by atoms with E-state index in [-0.39, 0.29) is 0 Å². The maximum absolute atomic E-state index is 3.83. The molecule has 0 spiro atoms. The van der Waals surface area contributed by atoms with E-state index in [1.165, 1.54) is 11.3 Å². The fourth-order valence-electron chi connectivity index (χ4n) is 0.391. The summed E-state index contributed by atoms with van der Waals surface area (Å²) in [6, 6.07) is 0. The Bertz CT molecular complexity index is 145. The zero-order valence-corrected chi connectivity index (χ0v) is 5.70. The van der Waals surface area contributed by atoms with Gasteiger partial charge in [-0.15, -0.1) is 10.2 Å². The van der Waals surface area contributed by atoms with Crippen LogP contribution in [0.1, 0.15) is 24.8 Å². The molecule has 0 bridgehead atoms. The Morgan fingerprint density at radius 2 is 2.38 bits per heavy atom. The lowest BCUT2D eigenvalue weighted by atomic mass is 10.2. The van der Waals surface area contributed by atoms with Gasteiger partial charge in [0.1, 0.15) is 5.01 Å². The van der Waals surface area contributed by atoms with Gasteiger partial charge in [0.05, 0.1) is 0 Å². The average molecular weight is 127 g/mol. The van der Waals surface area contributed by atoms with Gasteiger partial charge in [0.15, 0.2) is 5.51 Å². The molecule has 1 radical (unpaired) electrons. The number of hydrogen-bond acceptors (Lipinski definition) is 3. The molecule has 0 aliphatic heterocycles. The quantitative estimate of drug-likeness (QED) is 0.570. The SMILES string of the molecule is CC(C)c1nn[c]s1. The second-order valence-electron chi connectivity index (χ2n) is 1.89. The summed E-state index contributed by atoms with van der Waals surface area (Å²) in [6.07, 6.45) is 0. The molecule has 43 valence electrons. The van der Waals surface area contributed by atoms with Gasteiger partial charge < -0.3 is 0 Å². The highest BCUT2D eigenvalue weighted by Gasteiger charge is 1.99. The van der Waals surface area contributed by atoms with Crippen molar-refractivity contribution in [2.45, 2.75) is 19.8 Å². The summed E-state index contributed by atoms with van der Waals surface area (Å²) in [6.45, 7) is 4.18. The summed E-state index contributed by atoms with van der Waals surface area (Å²) in [5.41, 5.74) is 2.69. The van der Waals surface area contributed by atoms with Crippen LogP contribution in [0, 0.1) is 5.51 Å². The molecular formula is C5H7N2S. The van der Waals surface area contributed by atoms with Gasteiger partial charge in [-0.25, -0.2) is 0 Å². The van der Waals surface area contributed by atoms with E-state index in [1.54, 1.807) is 0 Å². The highest BCUT2D eigenvalue weighted by molar-refractivity contribution is 7.08. The third kappa shape index (κ3) is 1.04. The van der Waals surface area contributed by atoms with E-state index in [4.69, 9.17) is 0 Å². The predicted octanol–water partition coefficient (Wildman–Crippen LogP) is 1.46. The molecule has 0 aliphatic carbocycles. The summed E-state index contributed by atoms with van der Waals surface area (Å²) < 4.78 is 0. The largest absolute Gasteiger partial charge is 0.178 e. The third-order valence-electron chi connectivity index (χ3n) is 0.833. The fraction of sp³-hybridized carbons (Fsp3) is 0.600. The fourth-order valence-corrected chi connectivity index (χ4v) is 0.883. The molecule has 3 heteroatoms. The van der Waals surface area contributed by atoms with Crippen molar-refractivity contribution < 1.29 is 0 Å². The van der Waals surface area contributed by atoms with E-state index < -0.39 is 0 Å². The molecular weight excluding hydrogens is 120 g/mol. The first-order valence-electron chi connectivity index (χ1n) is 2.50. The Hall–Kier alpha value is -0.440. The monoisotopic (exact) mass is 127 g/mol. The Kier molecular flexibility index (Phi) is 1.58. The van der Waals surface area contributed by atoms with Crippen molar-refractivity contribution in [3.8, 4) is 0 Å². The van der Waals surface area contributed by atoms with Gasteiger partial charge in [-0.1, -0.05) is 25.2 Å². The lowest BCUT2D eigenvalue weighted by Crippen LogP contribution is -1.83. The van der Waals surface area contributed by atoms with E-state index in [0.717, 1.165) is 5.01 Å². The third-order valence-corrected chi connectivity index (χ3v) is 1.77. The van der Waals surface area contributed by atoms with Crippen molar-refractivity contribution in [3.05, 3.63) is 10.5 Å². The van der Waals surface area contributed by atoms with Crippen LogP contribution in [-0.4, -0.2) is 10.2 Å². The molecule has 0 N–H and O–H groups in total. The number of aromatic nitrogens is 2. The Balaban J connectivity index is 2.77. The van der Waals surface area contributed by atoms with Crippen LogP contribution in [0.25, 0.3) is 0 Å². The summed E-state index contributed by atoms with van der Waals surface area (Å²) in [4.78, 5) is 0. The molecule has 8 heavy (non-hydrogen) atoms. The topological polar surface area (TPSA) is 25.8 Å². The number of rotatable bonds is 1. The second kappa shape index (κ2) is 2.22. The van der Waals surface area contributed by atoms with Crippen LogP contribution in [-0.2, 0) is 0 Å². The van der Waals surface area contributed by atoms with E-state index in [0.29, 0.717) is 5.92 Å². The Morgan fingerprint density at radius 1 is 1.62 bits per heavy atom. The first-order chi connectivity index (χ1) is 3.80. The summed E-state index contributed by atoms with van der Waals surface area (Å²) in [5.74, 6) is 0.499. The minimum absolute atomic E-state index is 0.499. The second-order valence-corrected chi connectivity index (χ2v) is 2.69. The molecule has 0 unspecified atom stereocenters. The van der Waals surface area contributed by atoms with Crippen LogP contribution >= 0.6 is 11.3 Å². The first kappa shape index (κ1) is 5.69. The van der Waals surface area contributed by atoms with Crippen LogP contribution in [0.2, 0.25) is 0 Å². The molecule has 0 aromatic carbocycles. The molecule has 1 heterocycles. The average Bonchev–Trinajstić information content (AvgIpc) is 2.12. The molecule has 1 aromatic heterocycles. The highest BCUT2D eigenvalue weighted by atomic mass is 32.1. The summed E-state index contributed by atoms with van der Waals surface area (Å²) >= 11 is 1.48. The molecule has 0 fully saturated rings. The maximum Gasteiger partial charge on any atom is 0.178 e. The molecule has 0 saturated carbocycles. The van der Waals surface area contributed by atoms with Gasteiger partial charge in [-0.3, -0.25) is 0 Å². The van der Waals surface area contributed by atoms with Crippen LogP contribution in [0.3, 0.4) is 0 Å². The highest BCUT2D eigenvalue weighted by Crippen LogP contribution is 2.13. The summed E-state index contributed by atoms with van der Waals surface area (Å²) in [7, 11) is 0. The van der Waals surface area contributed by atoms with Crippen molar-refractivity contribution in [2.24, 2.45) is 0 Å². The normalized spacial score (nSPS) is 10.4. The van der Waals surface area contributed by atoms with Gasteiger partial charge in [-0.05, 0) is 0 Å². The van der Waals surface area contributed by atoms with Gasteiger partial charge in [-0.2, -0.15) is 0 Å². The lowest BCUT2D eigenvalue weighted by Gasteiger charge is -1.92. The van der Waals surface area contributed by atoms with Gasteiger partial charge in [0, 0.05) is 5.92 Å². The van der Waals surface area contributed by atoms with Crippen molar-refractivity contribution in [1.29, 1.82) is 0 Å². The zero-order chi connectivity index (χ0) is 5.98. The van der Waals surface area contributed by atoms with Gasteiger partial charge >= 0.3 is 0 Å². The molecule has 0 aliphatic rings. The standard InChI is InChI=1S/C5H7N2S/c1-4(2)5-7-6-3-8-5/h4H,1-2H3. The molecule has 1 rings (SSSR count). The Morgan fingerprint density at radius 3 is 2.62 bits per heavy atom. The number of nitrogens with zero attached hydrogens (tertiary/aromatic N) is 2. The molecule has 0 atom stereocenters. The van der Waals surface area contributed by atoms with Crippen LogP contribution in [0.5, 0.6) is 0 Å². The molecule has 1 aromatic rings. The minimum atomic E-state index is 0.499. The minimum Gasteiger partial charge on any atom is -0.143 e. The molecule has 2 nitrogen and oxygen atoms in total. The maximum atomic E-state index is 3.83. The van der Waals surface area contributed by atoms with Gasteiger partial charge in [0.2, 0.25) is 0 Å². The first-order valence-corrected chi connectivity index (χ1v) is 3.32. The predicted molar refractivity (Wildman–Crippen MR) is 32.8 cm³/mol. The number of hydrogen-bond donors (Lipinski definition) is 0. The van der Waals surface area contributed by atoms with Crippen LogP contribution in [0.4, 0.5) is 0 Å². The van der Waals surface area contributed by atoms with E-state index in [2.05, 4.69) is 29.6 Å². The van der Waals surface area contributed by atoms with Crippen molar-refractivity contribution in [2.75, 3.05) is 0 Å². The van der Waals surface area contributed by atoms with Crippen molar-refractivity contribution in [3.63, 3.8) is 0 Å². The summed E-state index contributed by atoms with van der Waals surface area (Å²) in [5, 5.41) is 8.48. The molecule has 0 saturated heterocycles. The van der Waals surface area contributed by atoms with Crippen LogP contribution in [0.15, 0.2) is 0 Å². The molecule has 0 amide bonds. The van der Waals surface area contributed by atoms with E-state index >= 15 is 0 Å². The van der Waals surface area contributed by atoms with E-state index in [1.807, 2.05) is 0 Å². The van der Waals surface area contributed by atoms with Crippen molar-refractivity contribution >= 4 is 11.3 Å². The lowest BCUT2D eigenvalue weighted by molar-refractivity contribution is 0.824. The van der Waals surface area contributed by atoms with Crippen molar-refractivity contribution in [1.82, 2.24) is 10.2 Å². The van der Waals surface area contributed by atoms with E-state index in [9.17, 15) is 0 Å². The zero-order valence-electron chi connectivity index (χ0n) is 4.88. The van der Waals surface area contributed by atoms with Crippen LogP contribution < -0.4 is 0 Å². The Labute approximate surface area is 52.6 Å².